The quantitative estimate of drug-likeness (QED) is 0.397. The number of ether oxygens (including phenoxy) is 2. The Hall–Kier alpha value is -3.16. The van der Waals surface area contributed by atoms with Gasteiger partial charge >= 0.3 is 0 Å². The van der Waals surface area contributed by atoms with Gasteiger partial charge in [-0.25, -0.2) is 8.42 Å². The maximum Gasteiger partial charge on any atom is 0.267 e. The van der Waals surface area contributed by atoms with Crippen LogP contribution in [0, 0.1) is 25.7 Å². The van der Waals surface area contributed by atoms with E-state index in [9.17, 15) is 23.1 Å². The monoisotopic (exact) mass is 676 g/mol. The third kappa shape index (κ3) is 9.26. The second-order valence-corrected chi connectivity index (χ2v) is 14.9. The molecule has 12 nitrogen and oxygen atoms in total. The fraction of sp³-hybridized carbons (Fsp3) is 0.676. The molecule has 1 aromatic carbocycles. The number of hydrogen-bond acceptors (Lipinski definition) is 9. The fourth-order valence-electron chi connectivity index (χ4n) is 6.53. The van der Waals surface area contributed by atoms with E-state index in [1.165, 1.54) is 19.4 Å². The molecule has 4 atom stereocenters. The number of rotatable bonds is 8. The molecule has 47 heavy (non-hydrogen) atoms. The van der Waals surface area contributed by atoms with Gasteiger partial charge in [0.05, 0.1) is 30.4 Å². The minimum atomic E-state index is -4.07. The number of carbonyl (C=O) groups is 2. The molecule has 1 fully saturated rings. The van der Waals surface area contributed by atoms with Gasteiger partial charge in [-0.3, -0.25) is 14.3 Å². The number of anilines is 1. The molecule has 0 spiro atoms. The maximum atomic E-state index is 14.4. The van der Waals surface area contributed by atoms with Crippen LogP contribution in [-0.4, -0.2) is 91.9 Å². The van der Waals surface area contributed by atoms with Crippen LogP contribution < -0.4 is 9.46 Å². The van der Waals surface area contributed by atoms with Crippen LogP contribution in [0.5, 0.6) is 5.75 Å². The molecule has 262 valence electrons. The van der Waals surface area contributed by atoms with Crippen molar-refractivity contribution >= 4 is 27.5 Å². The number of aryl methyl sites for hydroxylation is 2. The number of carbonyl (C=O) groups excluding carboxylic acids is 2. The highest BCUT2D eigenvalue weighted by molar-refractivity contribution is 7.92. The topological polar surface area (TPSA) is 152 Å². The third-order valence-corrected chi connectivity index (χ3v) is 10.9. The number of nitrogens with zero attached hydrogens (tertiary/aromatic N) is 3. The highest BCUT2D eigenvalue weighted by Crippen LogP contribution is 2.31. The molecule has 1 aliphatic carbocycles. The van der Waals surface area contributed by atoms with Gasteiger partial charge in [0.2, 0.25) is 5.91 Å². The van der Waals surface area contributed by atoms with Crippen molar-refractivity contribution in [1.82, 2.24) is 15.0 Å². The zero-order valence-electron chi connectivity index (χ0n) is 28.7. The number of nitrogens with one attached hydrogen (secondary N) is 1. The Labute approximate surface area is 279 Å². The summed E-state index contributed by atoms with van der Waals surface area (Å²) in [5.41, 5.74) is 0.562. The molecular weight excluding hydrogens is 624 g/mol. The Kier molecular flexibility index (Phi) is 12.7. The van der Waals surface area contributed by atoms with Crippen LogP contribution in [0.25, 0.3) is 0 Å². The van der Waals surface area contributed by atoms with E-state index >= 15 is 0 Å². The number of amides is 2. The molecule has 0 radical (unpaired) electrons. The summed E-state index contributed by atoms with van der Waals surface area (Å²) in [7, 11) is -2.24. The van der Waals surface area contributed by atoms with Gasteiger partial charge in [0, 0.05) is 44.3 Å². The number of aliphatic hydroxyl groups is 1. The summed E-state index contributed by atoms with van der Waals surface area (Å²) in [6, 6.07) is 4.07. The molecule has 2 N–H and O–H groups in total. The lowest BCUT2D eigenvalue weighted by molar-refractivity contribution is -0.137. The minimum Gasteiger partial charge on any atom is -0.490 e. The van der Waals surface area contributed by atoms with E-state index in [0.29, 0.717) is 25.3 Å². The second-order valence-electron chi connectivity index (χ2n) is 13.3. The standard InChI is InChI=1S/C34H52N4O8S/c1-22-19-38(23(2)21-39)34(41)29-18-28(36-47(42,43)32-25(4)35-46-26(32)5)15-16-30(29)45-24(3)12-10-11-17-44-31(22)20-37(6)33(40)27-13-8-7-9-14-27/h15-16,18,22-24,27,31,36,39H,7-14,17,19-21H2,1-6H3/t22-,23+,24-,31-/m0/s1. The normalized spacial score (nSPS) is 22.9. The van der Waals surface area contributed by atoms with Crippen LogP contribution in [-0.2, 0) is 19.6 Å². The van der Waals surface area contributed by atoms with Crippen molar-refractivity contribution in [2.45, 2.75) is 109 Å². The Morgan fingerprint density at radius 1 is 1.13 bits per heavy atom. The van der Waals surface area contributed by atoms with E-state index in [2.05, 4.69) is 9.88 Å². The summed E-state index contributed by atoms with van der Waals surface area (Å²) < 4.78 is 46.9. The van der Waals surface area contributed by atoms with Gasteiger partial charge in [0.15, 0.2) is 10.7 Å². The number of aliphatic hydroxyl groups excluding tert-OH is 1. The van der Waals surface area contributed by atoms with Crippen LogP contribution >= 0.6 is 0 Å². The van der Waals surface area contributed by atoms with Gasteiger partial charge in [0.1, 0.15) is 11.4 Å². The Morgan fingerprint density at radius 2 is 1.83 bits per heavy atom. The molecule has 1 saturated carbocycles. The Morgan fingerprint density at radius 3 is 2.49 bits per heavy atom. The van der Waals surface area contributed by atoms with Crippen LogP contribution in [0.1, 0.15) is 93.9 Å². The summed E-state index contributed by atoms with van der Waals surface area (Å²) in [4.78, 5) is 31.0. The molecule has 0 bridgehead atoms. The third-order valence-electron chi connectivity index (χ3n) is 9.32. The smallest absolute Gasteiger partial charge is 0.267 e. The van der Waals surface area contributed by atoms with Gasteiger partial charge < -0.3 is 28.9 Å². The molecule has 2 aliphatic rings. The van der Waals surface area contributed by atoms with Gasteiger partial charge in [-0.2, -0.15) is 0 Å². The molecule has 13 heteroatoms. The van der Waals surface area contributed by atoms with Crippen molar-refractivity contribution in [2.75, 3.05) is 38.1 Å². The van der Waals surface area contributed by atoms with Crippen molar-refractivity contribution in [3.63, 3.8) is 0 Å². The van der Waals surface area contributed by atoms with E-state index in [4.69, 9.17) is 14.0 Å². The summed E-state index contributed by atoms with van der Waals surface area (Å²) >= 11 is 0. The van der Waals surface area contributed by atoms with Crippen LogP contribution in [0.3, 0.4) is 0 Å². The molecular formula is C34H52N4O8S. The number of aromatic nitrogens is 1. The first-order valence-corrected chi connectivity index (χ1v) is 18.4. The zero-order chi connectivity index (χ0) is 34.3. The summed E-state index contributed by atoms with van der Waals surface area (Å²) in [6.45, 7) is 9.62. The van der Waals surface area contributed by atoms with Crippen molar-refractivity contribution in [1.29, 1.82) is 0 Å². The van der Waals surface area contributed by atoms with Crippen LogP contribution in [0.15, 0.2) is 27.6 Å². The number of sulfonamides is 1. The van der Waals surface area contributed by atoms with Crippen molar-refractivity contribution in [3.8, 4) is 5.75 Å². The number of fused-ring (bicyclic) bond motifs is 1. The number of benzene rings is 1. The van der Waals surface area contributed by atoms with Crippen molar-refractivity contribution < 1.29 is 37.1 Å². The fourth-order valence-corrected chi connectivity index (χ4v) is 7.92. The van der Waals surface area contributed by atoms with E-state index in [0.717, 1.165) is 38.5 Å². The minimum absolute atomic E-state index is 0.0391. The lowest BCUT2D eigenvalue weighted by atomic mass is 9.88. The first kappa shape index (κ1) is 36.7. The first-order chi connectivity index (χ1) is 22.3. The molecule has 2 aromatic rings. The lowest BCUT2D eigenvalue weighted by Crippen LogP contribution is -2.48. The number of hydrogen-bond donors (Lipinski definition) is 2. The Bertz CT molecular complexity index is 1450. The predicted molar refractivity (Wildman–Crippen MR) is 178 cm³/mol. The largest absolute Gasteiger partial charge is 0.490 e. The zero-order valence-corrected chi connectivity index (χ0v) is 29.5. The lowest BCUT2D eigenvalue weighted by Gasteiger charge is -2.36. The van der Waals surface area contributed by atoms with E-state index in [1.807, 2.05) is 20.9 Å². The first-order valence-electron chi connectivity index (χ1n) is 16.9. The van der Waals surface area contributed by atoms with Gasteiger partial charge in [-0.1, -0.05) is 31.3 Å². The average Bonchev–Trinajstić information content (AvgIpc) is 3.40. The predicted octanol–water partition coefficient (Wildman–Crippen LogP) is 4.93. The molecule has 1 aliphatic heterocycles. The molecule has 2 amide bonds. The molecule has 4 rings (SSSR count). The second kappa shape index (κ2) is 16.3. The summed E-state index contributed by atoms with van der Waals surface area (Å²) in [5, 5.41) is 14.0. The van der Waals surface area contributed by atoms with Crippen molar-refractivity contribution in [2.24, 2.45) is 11.8 Å². The molecule has 0 unspecified atom stereocenters. The van der Waals surface area contributed by atoms with Gasteiger partial charge in [-0.15, -0.1) is 0 Å². The molecule has 2 heterocycles. The molecule has 0 saturated heterocycles. The van der Waals surface area contributed by atoms with E-state index in [1.54, 1.807) is 35.8 Å². The highest BCUT2D eigenvalue weighted by Gasteiger charge is 2.33. The van der Waals surface area contributed by atoms with Crippen molar-refractivity contribution in [3.05, 3.63) is 35.2 Å². The van der Waals surface area contributed by atoms with Crippen LogP contribution in [0.2, 0.25) is 0 Å². The number of likely N-dealkylation sites (N-methyl/N-ethyl adjacent to an activating group) is 1. The van der Waals surface area contributed by atoms with E-state index < -0.39 is 22.0 Å². The van der Waals surface area contributed by atoms with Gasteiger partial charge in [-0.05, 0) is 78.0 Å². The maximum absolute atomic E-state index is 14.4. The highest BCUT2D eigenvalue weighted by atomic mass is 32.2. The molecule has 1 aromatic heterocycles. The summed E-state index contributed by atoms with van der Waals surface area (Å²) in [6.07, 6.45) is 6.94. The SMILES string of the molecule is Cc1noc(C)c1S(=O)(=O)Nc1ccc2c(c1)C(=O)N([C@H](C)CO)C[C@H](C)[C@H](CN(C)C(=O)C1CCCCC1)OCCCC[C@H](C)O2. The Balaban J connectivity index is 1.65. The average molecular weight is 677 g/mol. The summed E-state index contributed by atoms with van der Waals surface area (Å²) in [5.74, 6) is 0.0540. The van der Waals surface area contributed by atoms with Crippen LogP contribution in [0.4, 0.5) is 5.69 Å². The van der Waals surface area contributed by atoms with Gasteiger partial charge in [0.25, 0.3) is 15.9 Å². The van der Waals surface area contributed by atoms with E-state index in [-0.39, 0.29) is 70.7 Å².